The van der Waals surface area contributed by atoms with Gasteiger partial charge in [0.1, 0.15) is 5.03 Å². The Labute approximate surface area is 127 Å². The molecule has 0 unspecified atom stereocenters. The molecule has 0 bridgehead atoms. The second-order valence-electron chi connectivity index (χ2n) is 4.83. The number of hydrogen-bond acceptors (Lipinski definition) is 5. The van der Waals surface area contributed by atoms with Gasteiger partial charge in [-0.25, -0.2) is 15.0 Å². The first-order chi connectivity index (χ1) is 10.3. The Kier molecular flexibility index (Phi) is 4.13. The van der Waals surface area contributed by atoms with Gasteiger partial charge in [0.2, 0.25) is 0 Å². The molecule has 0 aliphatic rings. The van der Waals surface area contributed by atoms with Crippen LogP contribution >= 0.6 is 11.8 Å². The zero-order valence-corrected chi connectivity index (χ0v) is 12.6. The van der Waals surface area contributed by atoms with Crippen LogP contribution in [0.4, 0.5) is 0 Å². The van der Waals surface area contributed by atoms with Crippen LogP contribution in [0.3, 0.4) is 0 Å². The van der Waals surface area contributed by atoms with E-state index >= 15 is 0 Å². The van der Waals surface area contributed by atoms with Gasteiger partial charge in [-0.1, -0.05) is 18.2 Å². The van der Waals surface area contributed by atoms with Gasteiger partial charge in [0.25, 0.3) is 0 Å². The number of pyridine rings is 1. The molecule has 5 heteroatoms. The van der Waals surface area contributed by atoms with E-state index < -0.39 is 0 Å². The van der Waals surface area contributed by atoms with Crippen molar-refractivity contribution in [2.45, 2.75) is 23.5 Å². The van der Waals surface area contributed by atoms with Crippen molar-refractivity contribution >= 4 is 22.7 Å². The van der Waals surface area contributed by atoms with Crippen LogP contribution in [0.25, 0.3) is 10.9 Å². The molecule has 0 saturated carbocycles. The highest BCUT2D eigenvalue weighted by molar-refractivity contribution is 7.99. The van der Waals surface area contributed by atoms with Gasteiger partial charge in [-0.2, -0.15) is 0 Å². The first-order valence-electron chi connectivity index (χ1n) is 6.81. The number of nitrogens with zero attached hydrogens (tertiary/aromatic N) is 3. The van der Waals surface area contributed by atoms with Crippen LogP contribution in [0.1, 0.15) is 11.1 Å². The van der Waals surface area contributed by atoms with Crippen molar-refractivity contribution in [2.75, 3.05) is 6.54 Å². The quantitative estimate of drug-likeness (QED) is 0.750. The third kappa shape index (κ3) is 3.20. The number of fused-ring (bicyclic) bond motifs is 1. The molecular formula is C16H16N4S. The van der Waals surface area contributed by atoms with E-state index in [0.29, 0.717) is 11.7 Å². The standard InChI is InChI=1S/C16H16N4S/c1-11-9-18-16(19-10-11)21-15-13(6-7-17)8-12-4-2-3-5-14(12)20-15/h2-5,8-10H,6-7,17H2,1H3. The lowest BCUT2D eigenvalue weighted by atomic mass is 10.1. The van der Waals surface area contributed by atoms with Gasteiger partial charge < -0.3 is 5.73 Å². The zero-order valence-electron chi connectivity index (χ0n) is 11.8. The lowest BCUT2D eigenvalue weighted by Crippen LogP contribution is -2.05. The van der Waals surface area contributed by atoms with Gasteiger partial charge in [-0.05, 0) is 54.9 Å². The molecule has 0 fully saturated rings. The lowest BCUT2D eigenvalue weighted by Gasteiger charge is -2.09. The molecule has 1 aromatic carbocycles. The minimum atomic E-state index is 0.600. The maximum absolute atomic E-state index is 5.72. The van der Waals surface area contributed by atoms with Gasteiger partial charge in [-0.15, -0.1) is 0 Å². The summed E-state index contributed by atoms with van der Waals surface area (Å²) in [6, 6.07) is 10.3. The fourth-order valence-corrected chi connectivity index (χ4v) is 2.90. The summed E-state index contributed by atoms with van der Waals surface area (Å²) in [6.07, 6.45) is 4.43. The van der Waals surface area contributed by atoms with Gasteiger partial charge in [-0.3, -0.25) is 0 Å². The van der Waals surface area contributed by atoms with Crippen LogP contribution in [0, 0.1) is 6.92 Å². The van der Waals surface area contributed by atoms with E-state index in [-0.39, 0.29) is 0 Å². The Morgan fingerprint density at radius 3 is 2.67 bits per heavy atom. The number of rotatable bonds is 4. The molecule has 0 radical (unpaired) electrons. The number of hydrogen-bond donors (Lipinski definition) is 1. The summed E-state index contributed by atoms with van der Waals surface area (Å²) in [7, 11) is 0. The van der Waals surface area contributed by atoms with Gasteiger partial charge >= 0.3 is 0 Å². The fraction of sp³-hybridized carbons (Fsp3) is 0.188. The Balaban J connectivity index is 2.02. The van der Waals surface area contributed by atoms with Crippen molar-refractivity contribution in [1.29, 1.82) is 0 Å². The normalized spacial score (nSPS) is 11.0. The van der Waals surface area contributed by atoms with E-state index in [1.54, 1.807) is 0 Å². The molecule has 21 heavy (non-hydrogen) atoms. The van der Waals surface area contributed by atoms with Crippen molar-refractivity contribution in [1.82, 2.24) is 15.0 Å². The van der Waals surface area contributed by atoms with Crippen LogP contribution in [0.5, 0.6) is 0 Å². The Hall–Kier alpha value is -1.98. The molecular weight excluding hydrogens is 280 g/mol. The van der Waals surface area contributed by atoms with Crippen LogP contribution < -0.4 is 5.73 Å². The van der Waals surface area contributed by atoms with Crippen molar-refractivity contribution in [3.63, 3.8) is 0 Å². The summed E-state index contributed by atoms with van der Waals surface area (Å²) in [6.45, 7) is 2.57. The van der Waals surface area contributed by atoms with Gasteiger partial charge in [0, 0.05) is 17.8 Å². The third-order valence-corrected chi connectivity index (χ3v) is 4.06. The maximum Gasteiger partial charge on any atom is 0.193 e. The highest BCUT2D eigenvalue weighted by atomic mass is 32.2. The Morgan fingerprint density at radius 1 is 1.14 bits per heavy atom. The number of para-hydroxylation sites is 1. The second-order valence-corrected chi connectivity index (χ2v) is 5.79. The molecule has 106 valence electrons. The van der Waals surface area contributed by atoms with Gasteiger partial charge in [0.15, 0.2) is 5.16 Å². The monoisotopic (exact) mass is 296 g/mol. The van der Waals surface area contributed by atoms with E-state index in [0.717, 1.165) is 33.5 Å². The third-order valence-electron chi connectivity index (χ3n) is 3.12. The van der Waals surface area contributed by atoms with Crippen LogP contribution in [0.2, 0.25) is 0 Å². The highest BCUT2D eigenvalue weighted by Gasteiger charge is 2.10. The number of benzene rings is 1. The molecule has 3 rings (SSSR count). The van der Waals surface area contributed by atoms with Crippen molar-refractivity contribution in [2.24, 2.45) is 5.73 Å². The van der Waals surface area contributed by atoms with Crippen molar-refractivity contribution in [3.8, 4) is 0 Å². The SMILES string of the molecule is Cc1cnc(Sc2nc3ccccc3cc2CCN)nc1. The van der Waals surface area contributed by atoms with Crippen molar-refractivity contribution < 1.29 is 0 Å². The largest absolute Gasteiger partial charge is 0.330 e. The fourth-order valence-electron chi connectivity index (χ4n) is 2.08. The minimum absolute atomic E-state index is 0.600. The predicted molar refractivity (Wildman–Crippen MR) is 85.4 cm³/mol. The predicted octanol–water partition coefficient (Wildman–Crippen LogP) is 2.99. The average Bonchev–Trinajstić information content (AvgIpc) is 2.50. The van der Waals surface area contributed by atoms with Crippen LogP contribution in [0.15, 0.2) is 52.9 Å². The topological polar surface area (TPSA) is 64.7 Å². The molecule has 0 saturated heterocycles. The zero-order chi connectivity index (χ0) is 14.7. The summed E-state index contributed by atoms with van der Waals surface area (Å²) in [4.78, 5) is 13.4. The molecule has 0 spiro atoms. The highest BCUT2D eigenvalue weighted by Crippen LogP contribution is 2.29. The average molecular weight is 296 g/mol. The smallest absolute Gasteiger partial charge is 0.193 e. The van der Waals surface area contributed by atoms with Crippen LogP contribution in [-0.2, 0) is 6.42 Å². The second kappa shape index (κ2) is 6.20. The summed E-state index contributed by atoms with van der Waals surface area (Å²) < 4.78 is 0. The molecule has 2 N–H and O–H groups in total. The Bertz CT molecular complexity index is 756. The molecule has 0 atom stereocenters. The summed E-state index contributed by atoms with van der Waals surface area (Å²) in [5.74, 6) is 0. The first kappa shape index (κ1) is 14.0. The van der Waals surface area contributed by atoms with Gasteiger partial charge in [0.05, 0.1) is 5.52 Å². The number of aromatic nitrogens is 3. The maximum atomic E-state index is 5.72. The van der Waals surface area contributed by atoms with Crippen molar-refractivity contribution in [3.05, 3.63) is 53.9 Å². The van der Waals surface area contributed by atoms with E-state index in [9.17, 15) is 0 Å². The number of nitrogens with two attached hydrogens (primary N) is 1. The molecule has 0 aliphatic carbocycles. The van der Waals surface area contributed by atoms with E-state index in [1.165, 1.54) is 11.8 Å². The molecule has 0 amide bonds. The molecule has 3 aromatic rings. The molecule has 2 aromatic heterocycles. The van der Waals surface area contributed by atoms with E-state index in [1.807, 2.05) is 37.5 Å². The number of aryl methyl sites for hydroxylation is 1. The minimum Gasteiger partial charge on any atom is -0.330 e. The molecule has 2 heterocycles. The van der Waals surface area contributed by atoms with E-state index in [4.69, 9.17) is 10.7 Å². The molecule has 0 aliphatic heterocycles. The summed E-state index contributed by atoms with van der Waals surface area (Å²) >= 11 is 1.49. The first-order valence-corrected chi connectivity index (χ1v) is 7.63. The summed E-state index contributed by atoms with van der Waals surface area (Å²) in [5.41, 5.74) is 8.89. The lowest BCUT2D eigenvalue weighted by molar-refractivity contribution is 0.909. The van der Waals surface area contributed by atoms with Crippen LogP contribution in [-0.4, -0.2) is 21.5 Å². The molecule has 4 nitrogen and oxygen atoms in total. The Morgan fingerprint density at radius 2 is 1.90 bits per heavy atom. The summed E-state index contributed by atoms with van der Waals surface area (Å²) in [5, 5.41) is 2.78. The van der Waals surface area contributed by atoms with E-state index in [2.05, 4.69) is 22.1 Å².